The first-order chi connectivity index (χ1) is 14.0. The molecule has 5 nitrogen and oxygen atoms in total. The molecule has 2 aromatic carbocycles. The van der Waals surface area contributed by atoms with Gasteiger partial charge in [-0.2, -0.15) is 8.78 Å². The third-order valence-electron chi connectivity index (χ3n) is 3.99. The first kappa shape index (κ1) is 20.5. The monoisotopic (exact) mass is 416 g/mol. The van der Waals surface area contributed by atoms with Gasteiger partial charge in [-0.15, -0.1) is 11.3 Å². The maximum absolute atomic E-state index is 12.3. The highest BCUT2D eigenvalue weighted by molar-refractivity contribution is 7.12. The average Bonchev–Trinajstić information content (AvgIpc) is 3.25. The Bertz CT molecular complexity index is 960. The Morgan fingerprint density at radius 2 is 1.62 bits per heavy atom. The van der Waals surface area contributed by atoms with Gasteiger partial charge in [-0.3, -0.25) is 9.59 Å². The standard InChI is InChI=1S/C21H18F2N2O3S/c22-21(23)28-17-4-1-3-15(11-17)13-24-19(26)16-8-6-14(7-9-16)12-25-20(27)18-5-2-10-29-18/h1-11,21H,12-13H2,(H,24,26)(H,25,27). The van der Waals surface area contributed by atoms with Crippen LogP contribution in [-0.4, -0.2) is 18.4 Å². The van der Waals surface area contributed by atoms with E-state index in [1.54, 1.807) is 42.5 Å². The fraction of sp³-hybridized carbons (Fsp3) is 0.143. The van der Waals surface area contributed by atoms with E-state index in [2.05, 4.69) is 15.4 Å². The highest BCUT2D eigenvalue weighted by atomic mass is 32.1. The number of carbonyl (C=O) groups excluding carboxylic acids is 2. The Morgan fingerprint density at radius 3 is 2.31 bits per heavy atom. The van der Waals surface area contributed by atoms with E-state index < -0.39 is 6.61 Å². The van der Waals surface area contributed by atoms with Crippen molar-refractivity contribution in [3.8, 4) is 5.75 Å². The van der Waals surface area contributed by atoms with E-state index in [0.29, 0.717) is 22.5 Å². The Kier molecular flexibility index (Phi) is 6.91. The van der Waals surface area contributed by atoms with Gasteiger partial charge in [0.05, 0.1) is 4.88 Å². The van der Waals surface area contributed by atoms with Crippen molar-refractivity contribution in [1.82, 2.24) is 10.6 Å². The smallest absolute Gasteiger partial charge is 0.387 e. The van der Waals surface area contributed by atoms with E-state index in [9.17, 15) is 18.4 Å². The molecule has 0 aliphatic heterocycles. The number of thiophene rings is 1. The van der Waals surface area contributed by atoms with Crippen molar-refractivity contribution in [1.29, 1.82) is 0 Å². The molecule has 2 amide bonds. The predicted octanol–water partition coefficient (Wildman–Crippen LogP) is 4.21. The van der Waals surface area contributed by atoms with Gasteiger partial charge in [-0.25, -0.2) is 0 Å². The number of hydrogen-bond donors (Lipinski definition) is 2. The van der Waals surface area contributed by atoms with Crippen molar-refractivity contribution < 1.29 is 23.1 Å². The molecule has 1 heterocycles. The molecule has 0 spiro atoms. The number of rotatable bonds is 8. The van der Waals surface area contributed by atoms with Crippen LogP contribution in [0.25, 0.3) is 0 Å². The summed E-state index contributed by atoms with van der Waals surface area (Å²) in [6, 6.07) is 16.6. The number of carbonyl (C=O) groups is 2. The molecule has 29 heavy (non-hydrogen) atoms. The van der Waals surface area contributed by atoms with Gasteiger partial charge in [0.25, 0.3) is 11.8 Å². The van der Waals surface area contributed by atoms with Crippen LogP contribution in [0, 0.1) is 0 Å². The molecule has 0 radical (unpaired) electrons. The molecular weight excluding hydrogens is 398 g/mol. The van der Waals surface area contributed by atoms with Gasteiger partial charge in [0.1, 0.15) is 5.75 Å². The SMILES string of the molecule is O=C(NCc1cccc(OC(F)F)c1)c1ccc(CNC(=O)c2cccs2)cc1. The largest absolute Gasteiger partial charge is 0.435 e. The summed E-state index contributed by atoms with van der Waals surface area (Å²) in [5.41, 5.74) is 1.96. The van der Waals surface area contributed by atoms with E-state index in [0.717, 1.165) is 5.56 Å². The molecule has 0 atom stereocenters. The topological polar surface area (TPSA) is 67.4 Å². The van der Waals surface area contributed by atoms with Crippen LogP contribution in [0.15, 0.2) is 66.0 Å². The number of hydrogen-bond acceptors (Lipinski definition) is 4. The van der Waals surface area contributed by atoms with E-state index in [4.69, 9.17) is 0 Å². The molecule has 0 unspecified atom stereocenters. The minimum atomic E-state index is -2.89. The van der Waals surface area contributed by atoms with Gasteiger partial charge in [0.15, 0.2) is 0 Å². The van der Waals surface area contributed by atoms with Gasteiger partial charge < -0.3 is 15.4 Å². The fourth-order valence-corrected chi connectivity index (χ4v) is 3.21. The molecule has 0 saturated heterocycles. The summed E-state index contributed by atoms with van der Waals surface area (Å²) in [7, 11) is 0. The van der Waals surface area contributed by atoms with E-state index in [1.165, 1.54) is 23.5 Å². The van der Waals surface area contributed by atoms with Crippen molar-refractivity contribution >= 4 is 23.2 Å². The molecule has 1 aromatic heterocycles. The van der Waals surface area contributed by atoms with Gasteiger partial charge in [0.2, 0.25) is 0 Å². The Labute approximate surface area is 170 Å². The summed E-state index contributed by atoms with van der Waals surface area (Å²) < 4.78 is 28.9. The molecule has 0 fully saturated rings. The Balaban J connectivity index is 1.50. The maximum atomic E-state index is 12.3. The van der Waals surface area contributed by atoms with Crippen LogP contribution in [0.3, 0.4) is 0 Å². The lowest BCUT2D eigenvalue weighted by molar-refractivity contribution is -0.0498. The van der Waals surface area contributed by atoms with Crippen molar-refractivity contribution in [3.05, 3.63) is 87.6 Å². The van der Waals surface area contributed by atoms with Crippen LogP contribution in [-0.2, 0) is 13.1 Å². The number of alkyl halides is 2. The first-order valence-electron chi connectivity index (χ1n) is 8.74. The van der Waals surface area contributed by atoms with Crippen molar-refractivity contribution in [2.45, 2.75) is 19.7 Å². The quantitative estimate of drug-likeness (QED) is 0.578. The maximum Gasteiger partial charge on any atom is 0.387 e. The van der Waals surface area contributed by atoms with Crippen LogP contribution in [0.2, 0.25) is 0 Å². The highest BCUT2D eigenvalue weighted by Crippen LogP contribution is 2.16. The summed E-state index contributed by atoms with van der Waals surface area (Å²) in [6.45, 7) is -2.36. The molecule has 0 bridgehead atoms. The molecule has 8 heteroatoms. The Hall–Kier alpha value is -3.26. The zero-order valence-electron chi connectivity index (χ0n) is 15.2. The summed E-state index contributed by atoms with van der Waals surface area (Å²) >= 11 is 1.37. The van der Waals surface area contributed by atoms with E-state index >= 15 is 0 Å². The number of benzene rings is 2. The zero-order chi connectivity index (χ0) is 20.6. The predicted molar refractivity (Wildman–Crippen MR) is 106 cm³/mol. The minimum Gasteiger partial charge on any atom is -0.435 e. The van der Waals surface area contributed by atoms with Crippen molar-refractivity contribution in [3.63, 3.8) is 0 Å². The van der Waals surface area contributed by atoms with Gasteiger partial charge in [0, 0.05) is 18.7 Å². The lowest BCUT2D eigenvalue weighted by atomic mass is 10.1. The van der Waals surface area contributed by atoms with Crippen molar-refractivity contribution in [2.75, 3.05) is 0 Å². The fourth-order valence-electron chi connectivity index (χ4n) is 2.57. The molecular formula is C21H18F2N2O3S. The lowest BCUT2D eigenvalue weighted by Gasteiger charge is -2.09. The van der Waals surface area contributed by atoms with Gasteiger partial charge in [-0.05, 0) is 46.8 Å². The second kappa shape index (κ2) is 9.79. The summed E-state index contributed by atoms with van der Waals surface area (Å²) in [6.07, 6.45) is 0. The van der Waals surface area contributed by atoms with E-state index in [1.807, 2.05) is 11.4 Å². The zero-order valence-corrected chi connectivity index (χ0v) is 16.0. The third-order valence-corrected chi connectivity index (χ3v) is 4.86. The first-order valence-corrected chi connectivity index (χ1v) is 9.62. The molecule has 0 saturated carbocycles. The van der Waals surface area contributed by atoms with Crippen LogP contribution in [0.1, 0.15) is 31.2 Å². The third kappa shape index (κ3) is 6.11. The van der Waals surface area contributed by atoms with Crippen LogP contribution < -0.4 is 15.4 Å². The van der Waals surface area contributed by atoms with E-state index in [-0.39, 0.29) is 24.1 Å². The molecule has 2 N–H and O–H groups in total. The minimum absolute atomic E-state index is 0.0423. The number of nitrogens with one attached hydrogen (secondary N) is 2. The summed E-state index contributed by atoms with van der Waals surface area (Å²) in [5, 5.41) is 7.39. The molecule has 3 aromatic rings. The molecule has 3 rings (SSSR count). The van der Waals surface area contributed by atoms with Crippen LogP contribution in [0.5, 0.6) is 5.75 Å². The highest BCUT2D eigenvalue weighted by Gasteiger charge is 2.09. The number of halogens is 2. The van der Waals surface area contributed by atoms with Gasteiger partial charge in [-0.1, -0.05) is 30.3 Å². The summed E-state index contributed by atoms with van der Waals surface area (Å²) in [5.74, 6) is -0.389. The molecule has 0 aliphatic rings. The lowest BCUT2D eigenvalue weighted by Crippen LogP contribution is -2.23. The van der Waals surface area contributed by atoms with Crippen LogP contribution >= 0.6 is 11.3 Å². The molecule has 150 valence electrons. The average molecular weight is 416 g/mol. The second-order valence-corrected chi connectivity index (χ2v) is 7.01. The van der Waals surface area contributed by atoms with Crippen LogP contribution in [0.4, 0.5) is 8.78 Å². The number of ether oxygens (including phenoxy) is 1. The molecule has 0 aliphatic carbocycles. The summed E-state index contributed by atoms with van der Waals surface area (Å²) in [4.78, 5) is 24.9. The van der Waals surface area contributed by atoms with Crippen molar-refractivity contribution in [2.24, 2.45) is 0 Å². The van der Waals surface area contributed by atoms with Gasteiger partial charge >= 0.3 is 6.61 Å². The Morgan fingerprint density at radius 1 is 0.897 bits per heavy atom. The normalized spacial score (nSPS) is 10.6. The second-order valence-electron chi connectivity index (χ2n) is 6.07. The number of amides is 2.